The third-order valence-corrected chi connectivity index (χ3v) is 2.32. The average Bonchev–Trinajstić information content (AvgIpc) is 2.25. The van der Waals surface area contributed by atoms with E-state index in [1.165, 1.54) is 17.9 Å². The van der Waals surface area contributed by atoms with Crippen LogP contribution in [0.5, 0.6) is 0 Å². The minimum absolute atomic E-state index is 0.115. The van der Waals surface area contributed by atoms with Crippen LogP contribution in [0.1, 0.15) is 6.92 Å². The minimum atomic E-state index is -0.115. The first-order chi connectivity index (χ1) is 7.66. The van der Waals surface area contributed by atoms with Gasteiger partial charge in [-0.1, -0.05) is 29.8 Å². The number of halogens is 1. The lowest BCUT2D eigenvalue weighted by Gasteiger charge is -2.20. The normalized spacial score (nSPS) is 10.1. The highest BCUT2D eigenvalue weighted by Crippen LogP contribution is 2.25. The second kappa shape index (κ2) is 5.94. The van der Waals surface area contributed by atoms with E-state index in [-0.39, 0.29) is 5.91 Å². The van der Waals surface area contributed by atoms with Crippen molar-refractivity contribution in [1.29, 1.82) is 5.26 Å². The summed E-state index contributed by atoms with van der Waals surface area (Å²) in [6, 6.07) is 8.98. The minimum Gasteiger partial charge on any atom is -0.307 e. The number of rotatable bonds is 3. The number of amides is 1. The summed E-state index contributed by atoms with van der Waals surface area (Å²) in [7, 11) is 0. The molecule has 0 N–H and O–H groups in total. The quantitative estimate of drug-likeness (QED) is 0.755. The third-order valence-electron chi connectivity index (χ3n) is 2.00. The van der Waals surface area contributed by atoms with Gasteiger partial charge in [0.25, 0.3) is 0 Å². The van der Waals surface area contributed by atoms with Crippen molar-refractivity contribution < 1.29 is 4.79 Å². The zero-order valence-electron chi connectivity index (χ0n) is 8.85. The zero-order chi connectivity index (χ0) is 12.0. The fourth-order valence-corrected chi connectivity index (χ4v) is 1.52. The molecule has 3 nitrogen and oxygen atoms in total. The summed E-state index contributed by atoms with van der Waals surface area (Å²) in [6.07, 6.45) is 2.96. The van der Waals surface area contributed by atoms with Crippen molar-refractivity contribution in [3.8, 4) is 6.07 Å². The SMILES string of the molecule is CC(=O)N(C/C=C/C#N)c1ccccc1Cl. The lowest BCUT2D eigenvalue weighted by molar-refractivity contribution is -0.116. The molecule has 0 aliphatic heterocycles. The Hall–Kier alpha value is -1.79. The number of carbonyl (C=O) groups excluding carboxylic acids is 1. The van der Waals surface area contributed by atoms with Crippen LogP contribution in [0.4, 0.5) is 5.69 Å². The Balaban J connectivity index is 2.95. The summed E-state index contributed by atoms with van der Waals surface area (Å²) in [4.78, 5) is 13.0. The number of hydrogen-bond acceptors (Lipinski definition) is 2. The Labute approximate surface area is 99.5 Å². The molecule has 0 fully saturated rings. The number of anilines is 1. The number of allylic oxidation sites excluding steroid dienone is 1. The maximum Gasteiger partial charge on any atom is 0.224 e. The van der Waals surface area contributed by atoms with Crippen molar-refractivity contribution in [1.82, 2.24) is 0 Å². The monoisotopic (exact) mass is 234 g/mol. The van der Waals surface area contributed by atoms with Crippen LogP contribution in [-0.4, -0.2) is 12.5 Å². The maximum absolute atomic E-state index is 11.4. The fourth-order valence-electron chi connectivity index (χ4n) is 1.28. The van der Waals surface area contributed by atoms with Gasteiger partial charge in [-0.05, 0) is 12.1 Å². The molecule has 82 valence electrons. The highest BCUT2D eigenvalue weighted by Gasteiger charge is 2.12. The second-order valence-corrected chi connectivity index (χ2v) is 3.52. The molecule has 0 spiro atoms. The molecule has 0 radical (unpaired) electrons. The van der Waals surface area contributed by atoms with Crippen LogP contribution in [0.3, 0.4) is 0 Å². The van der Waals surface area contributed by atoms with Crippen LogP contribution >= 0.6 is 11.6 Å². The van der Waals surface area contributed by atoms with Crippen LogP contribution in [0, 0.1) is 11.3 Å². The lowest BCUT2D eigenvalue weighted by Crippen LogP contribution is -2.28. The molecule has 16 heavy (non-hydrogen) atoms. The van der Waals surface area contributed by atoms with Crippen molar-refractivity contribution in [3.63, 3.8) is 0 Å². The van der Waals surface area contributed by atoms with Gasteiger partial charge in [0.1, 0.15) is 0 Å². The number of para-hydroxylation sites is 1. The van der Waals surface area contributed by atoms with E-state index in [1.54, 1.807) is 24.3 Å². The zero-order valence-corrected chi connectivity index (χ0v) is 9.61. The van der Waals surface area contributed by atoms with E-state index >= 15 is 0 Å². The predicted octanol–water partition coefficient (Wildman–Crippen LogP) is 2.77. The molecule has 0 bridgehead atoms. The van der Waals surface area contributed by atoms with Crippen LogP contribution in [0.2, 0.25) is 5.02 Å². The number of benzene rings is 1. The van der Waals surface area contributed by atoms with E-state index in [0.29, 0.717) is 17.3 Å². The molecule has 1 amide bonds. The molecule has 1 aromatic rings. The van der Waals surface area contributed by atoms with Gasteiger partial charge in [-0.25, -0.2) is 0 Å². The second-order valence-electron chi connectivity index (χ2n) is 3.11. The molecule has 0 heterocycles. The first-order valence-electron chi connectivity index (χ1n) is 4.74. The Morgan fingerprint density at radius 2 is 2.25 bits per heavy atom. The molecule has 0 aliphatic carbocycles. The summed E-state index contributed by atoms with van der Waals surface area (Å²) in [5.41, 5.74) is 0.652. The van der Waals surface area contributed by atoms with Crippen molar-refractivity contribution in [3.05, 3.63) is 41.4 Å². The summed E-state index contributed by atoms with van der Waals surface area (Å²) >= 11 is 5.99. The first kappa shape index (κ1) is 12.3. The van der Waals surface area contributed by atoms with Crippen molar-refractivity contribution in [2.75, 3.05) is 11.4 Å². The van der Waals surface area contributed by atoms with Gasteiger partial charge in [-0.15, -0.1) is 0 Å². The predicted molar refractivity (Wildman–Crippen MR) is 64.2 cm³/mol. The Bertz CT molecular complexity index is 449. The highest BCUT2D eigenvalue weighted by molar-refractivity contribution is 6.33. The maximum atomic E-state index is 11.4. The topological polar surface area (TPSA) is 44.1 Å². The van der Waals surface area contributed by atoms with E-state index in [2.05, 4.69) is 0 Å². The Kier molecular flexibility index (Phi) is 4.56. The van der Waals surface area contributed by atoms with Gasteiger partial charge in [0.05, 0.1) is 16.8 Å². The van der Waals surface area contributed by atoms with Gasteiger partial charge in [0, 0.05) is 19.5 Å². The number of hydrogen-bond donors (Lipinski definition) is 0. The molecule has 1 rings (SSSR count). The van der Waals surface area contributed by atoms with E-state index in [1.807, 2.05) is 12.1 Å². The largest absolute Gasteiger partial charge is 0.307 e. The molecular formula is C12H11ClN2O. The van der Waals surface area contributed by atoms with E-state index in [0.717, 1.165) is 0 Å². The van der Waals surface area contributed by atoms with E-state index < -0.39 is 0 Å². The molecule has 0 saturated carbocycles. The highest BCUT2D eigenvalue weighted by atomic mass is 35.5. The fraction of sp³-hybridized carbons (Fsp3) is 0.167. The summed E-state index contributed by atoms with van der Waals surface area (Å²) < 4.78 is 0. The smallest absolute Gasteiger partial charge is 0.224 e. The van der Waals surface area contributed by atoms with Crippen molar-refractivity contribution in [2.45, 2.75) is 6.92 Å². The van der Waals surface area contributed by atoms with Gasteiger partial charge in [0.2, 0.25) is 5.91 Å². The number of nitriles is 1. The van der Waals surface area contributed by atoms with Crippen LogP contribution < -0.4 is 4.90 Å². The number of carbonyl (C=O) groups is 1. The first-order valence-corrected chi connectivity index (χ1v) is 5.12. The summed E-state index contributed by atoms with van der Waals surface area (Å²) in [6.45, 7) is 1.80. The van der Waals surface area contributed by atoms with Gasteiger partial charge >= 0.3 is 0 Å². The number of nitrogens with zero attached hydrogens (tertiary/aromatic N) is 2. The summed E-state index contributed by atoms with van der Waals surface area (Å²) in [5.74, 6) is -0.115. The van der Waals surface area contributed by atoms with E-state index in [4.69, 9.17) is 16.9 Å². The van der Waals surface area contributed by atoms with Gasteiger partial charge in [-0.2, -0.15) is 5.26 Å². The molecule has 0 saturated heterocycles. The van der Waals surface area contributed by atoms with Crippen LogP contribution in [-0.2, 0) is 4.79 Å². The van der Waals surface area contributed by atoms with Crippen LogP contribution in [0.15, 0.2) is 36.4 Å². The Morgan fingerprint density at radius 1 is 1.56 bits per heavy atom. The van der Waals surface area contributed by atoms with Crippen molar-refractivity contribution in [2.24, 2.45) is 0 Å². The molecule has 1 aromatic carbocycles. The molecule has 0 unspecified atom stereocenters. The molecule has 4 heteroatoms. The molecular weight excluding hydrogens is 224 g/mol. The van der Waals surface area contributed by atoms with Gasteiger partial charge in [0.15, 0.2) is 0 Å². The molecule has 0 aliphatic rings. The molecule has 0 atom stereocenters. The lowest BCUT2D eigenvalue weighted by atomic mass is 10.2. The Morgan fingerprint density at radius 3 is 2.81 bits per heavy atom. The third kappa shape index (κ3) is 3.11. The standard InChI is InChI=1S/C12H11ClN2O/c1-10(16)15(9-5-4-8-14)12-7-3-2-6-11(12)13/h2-7H,9H2,1H3/b5-4+. The van der Waals surface area contributed by atoms with E-state index in [9.17, 15) is 4.79 Å². The van der Waals surface area contributed by atoms with Crippen molar-refractivity contribution >= 4 is 23.2 Å². The molecule has 0 aromatic heterocycles. The van der Waals surface area contributed by atoms with Gasteiger partial charge in [-0.3, -0.25) is 4.79 Å². The summed E-state index contributed by atoms with van der Waals surface area (Å²) in [5, 5.41) is 8.89. The average molecular weight is 235 g/mol. The van der Waals surface area contributed by atoms with Crippen LogP contribution in [0.25, 0.3) is 0 Å². The van der Waals surface area contributed by atoms with Gasteiger partial charge < -0.3 is 4.90 Å².